The van der Waals surface area contributed by atoms with E-state index in [9.17, 15) is 4.79 Å². The fraction of sp³-hybridized carbons (Fsp3) is 0.632. The van der Waals surface area contributed by atoms with Gasteiger partial charge in [0.1, 0.15) is 0 Å². The molecule has 0 aliphatic carbocycles. The van der Waals surface area contributed by atoms with Gasteiger partial charge in [0.15, 0.2) is 0 Å². The van der Waals surface area contributed by atoms with Gasteiger partial charge in [0.25, 0.3) is 0 Å². The smallest absolute Gasteiger partial charge is 0.311 e. The average molecular weight is 290 g/mol. The first-order valence-electron chi connectivity index (χ1n) is 8.22. The lowest BCUT2D eigenvalue weighted by molar-refractivity contribution is -0.155. The summed E-state index contributed by atoms with van der Waals surface area (Å²) in [5.74, 6) is 0.305. The van der Waals surface area contributed by atoms with Crippen LogP contribution in [0.2, 0.25) is 0 Å². The fourth-order valence-corrected chi connectivity index (χ4v) is 2.62. The minimum absolute atomic E-state index is 0.0520. The maximum Gasteiger partial charge on any atom is 0.311 e. The highest BCUT2D eigenvalue weighted by Gasteiger charge is 2.34. The van der Waals surface area contributed by atoms with E-state index in [1.165, 1.54) is 11.1 Å². The van der Waals surface area contributed by atoms with Gasteiger partial charge in [0, 0.05) is 0 Å². The molecule has 0 N–H and O–H groups in total. The summed E-state index contributed by atoms with van der Waals surface area (Å²) in [7, 11) is 0. The summed E-state index contributed by atoms with van der Waals surface area (Å²) in [6.45, 7) is 11.0. The van der Waals surface area contributed by atoms with Gasteiger partial charge in [-0.05, 0) is 49.7 Å². The molecule has 1 rings (SSSR count). The molecule has 0 heterocycles. The topological polar surface area (TPSA) is 26.3 Å². The Balaban J connectivity index is 2.76. The van der Waals surface area contributed by atoms with Crippen LogP contribution in [-0.4, -0.2) is 12.6 Å². The number of rotatable bonds is 8. The second-order valence-corrected chi connectivity index (χ2v) is 6.25. The van der Waals surface area contributed by atoms with Crippen molar-refractivity contribution in [2.24, 2.45) is 5.41 Å². The van der Waals surface area contributed by atoms with Gasteiger partial charge < -0.3 is 4.74 Å². The minimum atomic E-state index is -0.391. The summed E-state index contributed by atoms with van der Waals surface area (Å²) in [5, 5.41) is 0. The van der Waals surface area contributed by atoms with E-state index < -0.39 is 5.41 Å². The molecular weight excluding hydrogens is 260 g/mol. The number of carbonyl (C=O) groups excluding carboxylic acids is 1. The zero-order valence-electron chi connectivity index (χ0n) is 14.2. The van der Waals surface area contributed by atoms with Crippen LogP contribution in [0.4, 0.5) is 0 Å². The zero-order valence-corrected chi connectivity index (χ0v) is 14.2. The molecule has 2 atom stereocenters. The van der Waals surface area contributed by atoms with E-state index in [1.807, 2.05) is 13.8 Å². The summed E-state index contributed by atoms with van der Waals surface area (Å²) in [4.78, 5) is 12.3. The minimum Gasteiger partial charge on any atom is -0.465 e. The maximum atomic E-state index is 12.3. The number of hydrogen-bond donors (Lipinski definition) is 0. The number of benzene rings is 1. The van der Waals surface area contributed by atoms with Crippen LogP contribution < -0.4 is 0 Å². The molecule has 0 aliphatic rings. The SMILES string of the molecule is CCCOC(=O)C(C)(CC)CC(C)c1ccc(CC)cc1. The highest BCUT2D eigenvalue weighted by molar-refractivity contribution is 5.76. The molecule has 118 valence electrons. The van der Waals surface area contributed by atoms with Crippen molar-refractivity contribution in [3.8, 4) is 0 Å². The van der Waals surface area contributed by atoms with Crippen LogP contribution in [0.5, 0.6) is 0 Å². The third kappa shape index (κ3) is 4.87. The first-order valence-corrected chi connectivity index (χ1v) is 8.22. The monoisotopic (exact) mass is 290 g/mol. The van der Waals surface area contributed by atoms with Gasteiger partial charge in [-0.2, -0.15) is 0 Å². The fourth-order valence-electron chi connectivity index (χ4n) is 2.62. The van der Waals surface area contributed by atoms with Crippen molar-refractivity contribution in [1.82, 2.24) is 0 Å². The lowest BCUT2D eigenvalue weighted by Gasteiger charge is -2.29. The van der Waals surface area contributed by atoms with Crippen molar-refractivity contribution in [1.29, 1.82) is 0 Å². The Morgan fingerprint density at radius 1 is 1.19 bits per heavy atom. The molecular formula is C19H30O2. The van der Waals surface area contributed by atoms with Crippen LogP contribution in [0.25, 0.3) is 0 Å². The van der Waals surface area contributed by atoms with Gasteiger partial charge in [0.05, 0.1) is 12.0 Å². The van der Waals surface area contributed by atoms with Crippen LogP contribution in [0.15, 0.2) is 24.3 Å². The summed E-state index contributed by atoms with van der Waals surface area (Å²) in [6.07, 6.45) is 3.58. The van der Waals surface area contributed by atoms with Crippen LogP contribution in [0.3, 0.4) is 0 Å². The lowest BCUT2D eigenvalue weighted by Crippen LogP contribution is -2.31. The van der Waals surface area contributed by atoms with Gasteiger partial charge in [-0.15, -0.1) is 0 Å². The quantitative estimate of drug-likeness (QED) is 0.622. The molecule has 0 bridgehead atoms. The van der Waals surface area contributed by atoms with Gasteiger partial charge in [-0.25, -0.2) is 0 Å². The number of hydrogen-bond acceptors (Lipinski definition) is 2. The van der Waals surface area contributed by atoms with E-state index in [1.54, 1.807) is 0 Å². The molecule has 0 fully saturated rings. The summed E-state index contributed by atoms with van der Waals surface area (Å²) >= 11 is 0. The molecule has 21 heavy (non-hydrogen) atoms. The second-order valence-electron chi connectivity index (χ2n) is 6.25. The average Bonchev–Trinajstić information content (AvgIpc) is 2.52. The van der Waals surface area contributed by atoms with E-state index in [-0.39, 0.29) is 5.97 Å². The van der Waals surface area contributed by atoms with Crippen LogP contribution in [0.1, 0.15) is 70.9 Å². The van der Waals surface area contributed by atoms with Crippen molar-refractivity contribution in [3.05, 3.63) is 35.4 Å². The van der Waals surface area contributed by atoms with Crippen molar-refractivity contribution >= 4 is 5.97 Å². The molecule has 0 aromatic heterocycles. The Morgan fingerprint density at radius 2 is 1.81 bits per heavy atom. The van der Waals surface area contributed by atoms with E-state index in [2.05, 4.69) is 45.0 Å². The van der Waals surface area contributed by atoms with Crippen molar-refractivity contribution in [2.45, 2.75) is 66.2 Å². The molecule has 0 saturated carbocycles. The highest BCUT2D eigenvalue weighted by Crippen LogP contribution is 2.35. The Bertz CT molecular complexity index is 435. The molecule has 0 spiro atoms. The molecule has 0 radical (unpaired) electrons. The standard InChI is InChI=1S/C19H30O2/c1-6-13-21-18(20)19(5,8-3)14-15(4)17-11-9-16(7-2)10-12-17/h9-12,15H,6-8,13-14H2,1-5H3. The van der Waals surface area contributed by atoms with Crippen LogP contribution in [0, 0.1) is 5.41 Å². The predicted octanol–water partition coefficient (Wildman–Crippen LogP) is 5.11. The predicted molar refractivity (Wildman–Crippen MR) is 88.5 cm³/mol. The molecule has 1 aromatic carbocycles. The van der Waals surface area contributed by atoms with E-state index in [0.29, 0.717) is 12.5 Å². The largest absolute Gasteiger partial charge is 0.465 e. The first-order chi connectivity index (χ1) is 9.96. The normalized spacial score (nSPS) is 15.3. The number of carbonyl (C=O) groups is 1. The van der Waals surface area contributed by atoms with Crippen molar-refractivity contribution in [3.63, 3.8) is 0 Å². The molecule has 2 unspecified atom stereocenters. The number of aryl methyl sites for hydroxylation is 1. The van der Waals surface area contributed by atoms with Crippen LogP contribution in [-0.2, 0) is 16.0 Å². The Hall–Kier alpha value is -1.31. The first kappa shape index (κ1) is 17.7. The van der Waals surface area contributed by atoms with Gasteiger partial charge >= 0.3 is 5.97 Å². The van der Waals surface area contributed by atoms with E-state index in [0.717, 1.165) is 25.7 Å². The molecule has 2 nitrogen and oxygen atoms in total. The van der Waals surface area contributed by atoms with Crippen LogP contribution >= 0.6 is 0 Å². The molecule has 2 heteroatoms. The summed E-state index contributed by atoms with van der Waals surface area (Å²) in [5.41, 5.74) is 2.26. The molecule has 0 saturated heterocycles. The van der Waals surface area contributed by atoms with Gasteiger partial charge in [-0.3, -0.25) is 4.79 Å². The van der Waals surface area contributed by atoms with Crippen molar-refractivity contribution < 1.29 is 9.53 Å². The Labute approximate surface area is 129 Å². The van der Waals surface area contributed by atoms with Crippen molar-refractivity contribution in [2.75, 3.05) is 6.61 Å². The number of esters is 1. The zero-order chi connectivity index (χ0) is 15.9. The molecule has 0 aliphatic heterocycles. The second kappa shape index (κ2) is 8.21. The summed E-state index contributed by atoms with van der Waals surface area (Å²) < 4.78 is 5.38. The lowest BCUT2D eigenvalue weighted by atomic mass is 9.77. The highest BCUT2D eigenvalue weighted by atomic mass is 16.5. The third-order valence-corrected chi connectivity index (χ3v) is 4.42. The van der Waals surface area contributed by atoms with E-state index in [4.69, 9.17) is 4.74 Å². The van der Waals surface area contributed by atoms with Gasteiger partial charge in [0.2, 0.25) is 0 Å². The van der Waals surface area contributed by atoms with Gasteiger partial charge in [-0.1, -0.05) is 52.0 Å². The Kier molecular flexibility index (Phi) is 6.94. The third-order valence-electron chi connectivity index (χ3n) is 4.42. The number of ether oxygens (including phenoxy) is 1. The molecule has 0 amide bonds. The Morgan fingerprint density at radius 3 is 2.29 bits per heavy atom. The maximum absolute atomic E-state index is 12.3. The summed E-state index contributed by atoms with van der Waals surface area (Å²) in [6, 6.07) is 8.75. The van der Waals surface area contributed by atoms with E-state index >= 15 is 0 Å². The molecule has 1 aromatic rings.